The minimum atomic E-state index is 0.0472. The molecule has 0 aliphatic rings. The number of hydrogen-bond donors (Lipinski definition) is 3. The molecule has 1 aromatic rings. The first-order chi connectivity index (χ1) is 7.69. The Morgan fingerprint density at radius 1 is 1.56 bits per heavy atom. The van der Waals surface area contributed by atoms with Gasteiger partial charge in [0.05, 0.1) is 13.3 Å². The van der Waals surface area contributed by atoms with Crippen molar-refractivity contribution in [3.05, 3.63) is 23.8 Å². The zero-order valence-corrected chi connectivity index (χ0v) is 9.84. The highest BCUT2D eigenvalue weighted by Gasteiger charge is 2.04. The van der Waals surface area contributed by atoms with E-state index < -0.39 is 0 Å². The van der Waals surface area contributed by atoms with Crippen LogP contribution in [-0.4, -0.2) is 30.6 Å². The van der Waals surface area contributed by atoms with E-state index in [-0.39, 0.29) is 5.75 Å². The normalized spacial score (nSPS) is 10.1. The summed E-state index contributed by atoms with van der Waals surface area (Å²) in [5.74, 6) is 0.450. The van der Waals surface area contributed by atoms with E-state index in [0.29, 0.717) is 16.4 Å². The van der Waals surface area contributed by atoms with Crippen molar-refractivity contribution < 1.29 is 9.84 Å². The molecule has 0 atom stereocenters. The summed E-state index contributed by atoms with van der Waals surface area (Å²) >= 11 is 4.83. The Hall–Kier alpha value is -1.82. The molecule has 0 saturated carbocycles. The van der Waals surface area contributed by atoms with Gasteiger partial charge in [-0.15, -0.1) is 0 Å². The third-order valence-electron chi connectivity index (χ3n) is 1.85. The van der Waals surface area contributed by atoms with Gasteiger partial charge in [-0.25, -0.2) is 0 Å². The molecular formula is C10H13N3O2S. The van der Waals surface area contributed by atoms with Gasteiger partial charge in [0.25, 0.3) is 0 Å². The molecular weight excluding hydrogens is 226 g/mol. The number of phenolic OH excluding ortho intramolecular Hbond substituents is 1. The van der Waals surface area contributed by atoms with Gasteiger partial charge in [0.15, 0.2) is 16.6 Å². The summed E-state index contributed by atoms with van der Waals surface area (Å²) in [6.45, 7) is 0. The third kappa shape index (κ3) is 3.09. The van der Waals surface area contributed by atoms with Crippen molar-refractivity contribution in [1.82, 2.24) is 10.7 Å². The number of methoxy groups -OCH3 is 1. The average Bonchev–Trinajstić information content (AvgIpc) is 2.31. The van der Waals surface area contributed by atoms with E-state index >= 15 is 0 Å². The Labute approximate surface area is 99.1 Å². The number of hydrazone groups is 1. The van der Waals surface area contributed by atoms with Crippen LogP contribution in [0.1, 0.15) is 5.56 Å². The second kappa shape index (κ2) is 5.92. The second-order valence-electron chi connectivity index (χ2n) is 2.85. The molecule has 0 fully saturated rings. The smallest absolute Gasteiger partial charge is 0.186 e. The van der Waals surface area contributed by atoms with Crippen LogP contribution in [0.25, 0.3) is 0 Å². The summed E-state index contributed by atoms with van der Waals surface area (Å²) in [7, 11) is 3.18. The zero-order chi connectivity index (χ0) is 12.0. The van der Waals surface area contributed by atoms with Crippen molar-refractivity contribution >= 4 is 23.5 Å². The first-order valence-corrected chi connectivity index (χ1v) is 4.96. The second-order valence-corrected chi connectivity index (χ2v) is 3.26. The number of ether oxygens (including phenoxy) is 1. The van der Waals surface area contributed by atoms with Crippen LogP contribution in [-0.2, 0) is 0 Å². The molecule has 0 aliphatic carbocycles. The highest BCUT2D eigenvalue weighted by molar-refractivity contribution is 7.80. The largest absolute Gasteiger partial charge is 0.504 e. The quantitative estimate of drug-likeness (QED) is 0.414. The number of nitrogens with zero attached hydrogens (tertiary/aromatic N) is 1. The molecule has 0 heterocycles. The van der Waals surface area contributed by atoms with Gasteiger partial charge >= 0.3 is 0 Å². The lowest BCUT2D eigenvalue weighted by Gasteiger charge is -2.05. The number of benzene rings is 1. The highest BCUT2D eigenvalue weighted by atomic mass is 32.1. The first-order valence-electron chi connectivity index (χ1n) is 4.55. The monoisotopic (exact) mass is 239 g/mol. The maximum absolute atomic E-state index is 9.72. The lowest BCUT2D eigenvalue weighted by molar-refractivity contribution is 0.373. The van der Waals surface area contributed by atoms with Crippen molar-refractivity contribution in [2.45, 2.75) is 0 Å². The van der Waals surface area contributed by atoms with E-state index in [1.807, 2.05) is 0 Å². The summed E-state index contributed by atoms with van der Waals surface area (Å²) in [6.07, 6.45) is 1.46. The molecule has 5 nitrogen and oxygen atoms in total. The van der Waals surface area contributed by atoms with Gasteiger partial charge in [0.2, 0.25) is 0 Å². The molecule has 3 N–H and O–H groups in total. The van der Waals surface area contributed by atoms with Crippen LogP contribution >= 0.6 is 12.2 Å². The fourth-order valence-corrected chi connectivity index (χ4v) is 1.08. The predicted molar refractivity (Wildman–Crippen MR) is 67.0 cm³/mol. The predicted octanol–water partition coefficient (Wildman–Crippen LogP) is 0.829. The standard InChI is InChI=1S/C10H13N3O2S/c1-11-10(16)13-12-6-7-4-3-5-8(15-2)9(7)14/h3-6,14H,1-2H3,(H2,11,13,16). The molecule has 1 aromatic carbocycles. The van der Waals surface area contributed by atoms with Crippen molar-refractivity contribution in [2.75, 3.05) is 14.2 Å². The first kappa shape index (κ1) is 12.3. The Balaban J connectivity index is 2.77. The zero-order valence-electron chi connectivity index (χ0n) is 9.02. The number of thiocarbonyl (C=S) groups is 1. The number of hydrogen-bond acceptors (Lipinski definition) is 4. The third-order valence-corrected chi connectivity index (χ3v) is 2.14. The van der Waals surface area contributed by atoms with Gasteiger partial charge in [0, 0.05) is 12.6 Å². The average molecular weight is 239 g/mol. The lowest BCUT2D eigenvalue weighted by atomic mass is 10.2. The van der Waals surface area contributed by atoms with Crippen LogP contribution in [0.2, 0.25) is 0 Å². The molecule has 0 saturated heterocycles. The molecule has 6 heteroatoms. The van der Waals surface area contributed by atoms with Gasteiger partial charge < -0.3 is 15.2 Å². The minimum Gasteiger partial charge on any atom is -0.504 e. The summed E-state index contributed by atoms with van der Waals surface area (Å²) in [5.41, 5.74) is 3.13. The Morgan fingerprint density at radius 2 is 2.31 bits per heavy atom. The van der Waals surface area contributed by atoms with Crippen molar-refractivity contribution in [3.63, 3.8) is 0 Å². The number of nitrogens with one attached hydrogen (secondary N) is 2. The van der Waals surface area contributed by atoms with E-state index in [1.54, 1.807) is 25.2 Å². The fourth-order valence-electron chi connectivity index (χ4n) is 1.02. The van der Waals surface area contributed by atoms with Gasteiger partial charge in [-0.1, -0.05) is 6.07 Å². The van der Waals surface area contributed by atoms with E-state index in [0.717, 1.165) is 0 Å². The minimum absolute atomic E-state index is 0.0472. The molecule has 86 valence electrons. The van der Waals surface area contributed by atoms with Crippen LogP contribution in [0.4, 0.5) is 0 Å². The molecule has 1 rings (SSSR count). The highest BCUT2D eigenvalue weighted by Crippen LogP contribution is 2.27. The van der Waals surface area contributed by atoms with E-state index in [4.69, 9.17) is 17.0 Å². The summed E-state index contributed by atoms with van der Waals surface area (Å²) in [5, 5.41) is 16.7. The summed E-state index contributed by atoms with van der Waals surface area (Å²) in [4.78, 5) is 0. The van der Waals surface area contributed by atoms with Gasteiger partial charge in [-0.05, 0) is 24.4 Å². The van der Waals surface area contributed by atoms with Crippen molar-refractivity contribution in [3.8, 4) is 11.5 Å². The van der Waals surface area contributed by atoms with Crippen LogP contribution in [0, 0.1) is 0 Å². The van der Waals surface area contributed by atoms with Crippen molar-refractivity contribution in [1.29, 1.82) is 0 Å². The van der Waals surface area contributed by atoms with Gasteiger partial charge in [-0.2, -0.15) is 5.10 Å². The van der Waals surface area contributed by atoms with E-state index in [1.165, 1.54) is 13.3 Å². The molecule has 0 unspecified atom stereocenters. The van der Waals surface area contributed by atoms with E-state index in [2.05, 4.69) is 15.8 Å². The Kier molecular flexibility index (Phi) is 4.53. The molecule has 16 heavy (non-hydrogen) atoms. The number of phenols is 1. The molecule has 0 amide bonds. The Morgan fingerprint density at radius 3 is 2.94 bits per heavy atom. The van der Waals surface area contributed by atoms with Gasteiger partial charge in [-0.3, -0.25) is 5.43 Å². The van der Waals surface area contributed by atoms with Crippen LogP contribution < -0.4 is 15.5 Å². The number of aromatic hydroxyl groups is 1. The van der Waals surface area contributed by atoms with Crippen LogP contribution in [0.15, 0.2) is 23.3 Å². The maximum atomic E-state index is 9.72. The molecule has 0 aromatic heterocycles. The molecule has 0 aliphatic heterocycles. The molecule has 0 bridgehead atoms. The van der Waals surface area contributed by atoms with Crippen LogP contribution in [0.5, 0.6) is 11.5 Å². The summed E-state index contributed by atoms with van der Waals surface area (Å²) < 4.78 is 4.96. The fraction of sp³-hybridized carbons (Fsp3) is 0.200. The SMILES string of the molecule is CNC(=S)NN=Cc1cccc(OC)c1O. The topological polar surface area (TPSA) is 65.9 Å². The Bertz CT molecular complexity index is 407. The summed E-state index contributed by atoms with van der Waals surface area (Å²) in [6, 6.07) is 5.14. The van der Waals surface area contributed by atoms with E-state index in [9.17, 15) is 5.11 Å². The maximum Gasteiger partial charge on any atom is 0.186 e. The van der Waals surface area contributed by atoms with Crippen molar-refractivity contribution in [2.24, 2.45) is 5.10 Å². The molecule has 0 radical (unpaired) electrons. The van der Waals surface area contributed by atoms with Crippen LogP contribution in [0.3, 0.4) is 0 Å². The number of para-hydroxylation sites is 1. The molecule has 0 spiro atoms. The van der Waals surface area contributed by atoms with Gasteiger partial charge in [0.1, 0.15) is 0 Å². The number of rotatable bonds is 3. The lowest BCUT2D eigenvalue weighted by Crippen LogP contribution is -2.28.